The normalized spacial score (nSPS) is 17.3. The minimum atomic E-state index is -0.975. The van der Waals surface area contributed by atoms with E-state index in [0.29, 0.717) is 35.4 Å². The minimum absolute atomic E-state index is 0.00975. The molecule has 3 heterocycles. The number of ether oxygens (including phenoxy) is 2. The van der Waals surface area contributed by atoms with E-state index >= 15 is 8.78 Å². The van der Waals surface area contributed by atoms with Crippen molar-refractivity contribution < 1.29 is 18.3 Å². The van der Waals surface area contributed by atoms with E-state index in [-0.39, 0.29) is 18.2 Å². The lowest BCUT2D eigenvalue weighted by atomic mass is 10.1. The van der Waals surface area contributed by atoms with Crippen molar-refractivity contribution in [2.24, 2.45) is 12.0 Å². The average molecular weight is 486 g/mol. The lowest BCUT2D eigenvalue weighted by Gasteiger charge is -2.22. The van der Waals surface area contributed by atoms with E-state index in [1.54, 1.807) is 33.8 Å². The Kier molecular flexibility index (Phi) is 7.37. The summed E-state index contributed by atoms with van der Waals surface area (Å²) in [4.78, 5) is 13.7. The van der Waals surface area contributed by atoms with Crippen molar-refractivity contribution in [1.82, 2.24) is 29.6 Å². The second-order valence-electron chi connectivity index (χ2n) is 8.50. The van der Waals surface area contributed by atoms with Gasteiger partial charge in [0, 0.05) is 51.5 Å². The summed E-state index contributed by atoms with van der Waals surface area (Å²) in [5, 5.41) is 7.56. The fourth-order valence-electron chi connectivity index (χ4n) is 3.85. The summed E-state index contributed by atoms with van der Waals surface area (Å²) in [6, 6.07) is 3.66. The Morgan fingerprint density at radius 1 is 1.23 bits per heavy atom. The maximum Gasteiger partial charge on any atom is 0.189 e. The van der Waals surface area contributed by atoms with Crippen LogP contribution in [-0.2, 0) is 23.1 Å². The molecule has 1 N–H and O–H groups in total. The van der Waals surface area contributed by atoms with E-state index in [4.69, 9.17) is 14.5 Å². The van der Waals surface area contributed by atoms with Gasteiger partial charge in [-0.3, -0.25) is 9.67 Å². The second kappa shape index (κ2) is 10.4. The summed E-state index contributed by atoms with van der Waals surface area (Å²) < 4.78 is 44.0. The van der Waals surface area contributed by atoms with Gasteiger partial charge >= 0.3 is 0 Å². The van der Waals surface area contributed by atoms with Gasteiger partial charge in [-0.2, -0.15) is 5.10 Å². The van der Waals surface area contributed by atoms with Crippen LogP contribution in [0.3, 0.4) is 0 Å². The third kappa shape index (κ3) is 5.15. The fourth-order valence-corrected chi connectivity index (χ4v) is 3.85. The zero-order chi connectivity index (χ0) is 25.1. The quantitative estimate of drug-likeness (QED) is 0.527. The van der Waals surface area contributed by atoms with Gasteiger partial charge in [-0.1, -0.05) is 13.8 Å². The summed E-state index contributed by atoms with van der Waals surface area (Å²) in [7, 11) is 4.52. The van der Waals surface area contributed by atoms with Crippen LogP contribution >= 0.6 is 0 Å². The molecule has 9 nitrogen and oxygen atoms in total. The van der Waals surface area contributed by atoms with Gasteiger partial charge in [-0.15, -0.1) is 0 Å². The zero-order valence-electron chi connectivity index (χ0n) is 20.4. The van der Waals surface area contributed by atoms with Crippen molar-refractivity contribution in [2.75, 3.05) is 20.8 Å². The molecule has 35 heavy (non-hydrogen) atoms. The van der Waals surface area contributed by atoms with Crippen LogP contribution in [0.15, 0.2) is 58.8 Å². The lowest BCUT2D eigenvalue weighted by molar-refractivity contribution is 0.0891. The van der Waals surface area contributed by atoms with E-state index in [0.717, 1.165) is 5.56 Å². The van der Waals surface area contributed by atoms with Gasteiger partial charge in [-0.05, 0) is 12.1 Å². The smallest absolute Gasteiger partial charge is 0.189 e. The molecule has 1 unspecified atom stereocenters. The topological polar surface area (TPSA) is 91.4 Å². The number of rotatable bonds is 8. The van der Waals surface area contributed by atoms with Crippen LogP contribution in [-0.4, -0.2) is 57.2 Å². The average Bonchev–Trinajstić information content (AvgIpc) is 3.28. The first-order valence-corrected chi connectivity index (χ1v) is 11.3. The van der Waals surface area contributed by atoms with Gasteiger partial charge in [0.15, 0.2) is 17.3 Å². The van der Waals surface area contributed by atoms with Gasteiger partial charge < -0.3 is 19.4 Å². The van der Waals surface area contributed by atoms with Gasteiger partial charge in [0.2, 0.25) is 0 Å². The molecule has 0 saturated heterocycles. The molecule has 186 valence electrons. The van der Waals surface area contributed by atoms with Gasteiger partial charge in [0.1, 0.15) is 28.6 Å². The van der Waals surface area contributed by atoms with Gasteiger partial charge in [-0.25, -0.2) is 18.8 Å². The molecule has 0 spiro atoms. The Labute approximate surface area is 201 Å². The van der Waals surface area contributed by atoms with Crippen molar-refractivity contribution in [1.29, 1.82) is 0 Å². The van der Waals surface area contributed by atoms with E-state index in [1.165, 1.54) is 14.2 Å². The molecule has 4 rings (SSSR count). The van der Waals surface area contributed by atoms with Crippen molar-refractivity contribution in [3.05, 3.63) is 59.3 Å². The summed E-state index contributed by atoms with van der Waals surface area (Å²) in [6.45, 7) is 5.12. The van der Waals surface area contributed by atoms with Crippen molar-refractivity contribution in [2.45, 2.75) is 39.0 Å². The minimum Gasteiger partial charge on any atom is -0.498 e. The van der Waals surface area contributed by atoms with Crippen LogP contribution < -0.4 is 10.8 Å². The maximum atomic E-state index is 15.1. The molecule has 0 fully saturated rings. The molecular weight excluding hydrogens is 456 g/mol. The summed E-state index contributed by atoms with van der Waals surface area (Å²) in [5.74, 6) is -1.64. The van der Waals surface area contributed by atoms with Crippen molar-refractivity contribution in [3.8, 4) is 11.3 Å². The maximum absolute atomic E-state index is 15.1. The number of allylic oxidation sites excluding steroid dienone is 1. The molecule has 1 aliphatic carbocycles. The Hall–Kier alpha value is -3.44. The van der Waals surface area contributed by atoms with Crippen LogP contribution in [0.2, 0.25) is 0 Å². The molecule has 3 aromatic rings. The van der Waals surface area contributed by atoms with Crippen molar-refractivity contribution in [3.63, 3.8) is 0 Å². The third-order valence-electron chi connectivity index (χ3n) is 5.68. The summed E-state index contributed by atoms with van der Waals surface area (Å²) in [5.41, 5.74) is 2.48. The highest BCUT2D eigenvalue weighted by Gasteiger charge is 2.31. The predicted molar refractivity (Wildman–Crippen MR) is 127 cm³/mol. The number of hydrogen-bond donors (Lipinski definition) is 1. The number of nitrogens with zero attached hydrogens (tertiary/aromatic N) is 6. The molecule has 3 aromatic heterocycles. The Bertz CT molecular complexity index is 1360. The highest BCUT2D eigenvalue weighted by molar-refractivity contribution is 5.73. The fraction of sp³-hybridized carbons (Fsp3) is 0.417. The zero-order valence-corrected chi connectivity index (χ0v) is 20.4. The van der Waals surface area contributed by atoms with Crippen LogP contribution in [0.5, 0.6) is 0 Å². The largest absolute Gasteiger partial charge is 0.498 e. The number of pyridine rings is 1. The lowest BCUT2D eigenvalue weighted by Crippen LogP contribution is -2.32. The molecule has 0 saturated carbocycles. The predicted octanol–water partition coefficient (Wildman–Crippen LogP) is 3.16. The number of methoxy groups -OCH3 is 2. The monoisotopic (exact) mass is 485 g/mol. The Morgan fingerprint density at radius 2 is 2.03 bits per heavy atom. The third-order valence-corrected chi connectivity index (χ3v) is 5.68. The molecule has 0 amide bonds. The Balaban J connectivity index is 1.92. The van der Waals surface area contributed by atoms with Crippen LogP contribution in [0, 0.1) is 0 Å². The molecule has 1 aliphatic rings. The Morgan fingerprint density at radius 3 is 2.69 bits per heavy atom. The van der Waals surface area contributed by atoms with Crippen molar-refractivity contribution >= 4 is 11.2 Å². The number of fused-ring (bicyclic) bond motifs is 1. The number of aryl methyl sites for hydroxylation is 1. The SMILES string of the molecule is COC1=C(F)C(N=c2ccc3ncc(-c4cnn(C)c4)nc3n2CCNC(C)C)=C(F)C(OC)C1. The first kappa shape index (κ1) is 24.7. The highest BCUT2D eigenvalue weighted by atomic mass is 19.1. The van der Waals surface area contributed by atoms with E-state index in [2.05, 4.69) is 20.4 Å². The van der Waals surface area contributed by atoms with E-state index in [9.17, 15) is 0 Å². The molecule has 0 aromatic carbocycles. The molecular formula is C24H29F2N7O2. The van der Waals surface area contributed by atoms with Crippen LogP contribution in [0.25, 0.3) is 22.4 Å². The van der Waals surface area contributed by atoms with E-state index < -0.39 is 23.5 Å². The molecule has 0 aliphatic heterocycles. The molecule has 1 atom stereocenters. The molecule has 0 radical (unpaired) electrons. The van der Waals surface area contributed by atoms with Crippen LogP contribution in [0.4, 0.5) is 8.78 Å². The second-order valence-corrected chi connectivity index (χ2v) is 8.50. The van der Waals surface area contributed by atoms with E-state index in [1.807, 2.05) is 27.1 Å². The first-order chi connectivity index (χ1) is 16.8. The first-order valence-electron chi connectivity index (χ1n) is 11.3. The number of aromatic nitrogens is 5. The summed E-state index contributed by atoms with van der Waals surface area (Å²) in [6.07, 6.45) is 4.20. The number of hydrogen-bond acceptors (Lipinski definition) is 7. The van der Waals surface area contributed by atoms with Gasteiger partial charge in [0.05, 0.1) is 25.2 Å². The van der Waals surface area contributed by atoms with Gasteiger partial charge in [0.25, 0.3) is 0 Å². The van der Waals surface area contributed by atoms with Crippen LogP contribution in [0.1, 0.15) is 20.3 Å². The number of nitrogens with one attached hydrogen (secondary N) is 1. The standard InChI is InChI=1S/C24H29F2N7O2/c1-14(2)27-8-9-33-20(31-23-21(25)18(34-4)10-19(35-5)22(23)26)7-6-16-24(33)30-17(12-28-16)15-11-29-32(3)13-15/h6-7,11-14,18,27H,8-10H2,1-5H3. The molecule has 0 bridgehead atoms. The highest BCUT2D eigenvalue weighted by Crippen LogP contribution is 2.34. The number of halogens is 2. The summed E-state index contributed by atoms with van der Waals surface area (Å²) >= 11 is 0. The molecule has 11 heteroatoms.